The first kappa shape index (κ1) is 23.5. The van der Waals surface area contributed by atoms with Gasteiger partial charge in [0.25, 0.3) is 0 Å². The predicted molar refractivity (Wildman–Crippen MR) is 137 cm³/mol. The summed E-state index contributed by atoms with van der Waals surface area (Å²) in [7, 11) is 0. The SMILES string of the molecule is Cc1ccc([C@H]2CC(=O)C3=C(C2)Nc2ccccc2N(C(=O)CCC(=O)O)[C@H]3c2cccnc2)cc1. The summed E-state index contributed by atoms with van der Waals surface area (Å²) >= 11 is 0. The van der Waals surface area contributed by atoms with Gasteiger partial charge < -0.3 is 10.4 Å². The van der Waals surface area contributed by atoms with Crippen LogP contribution in [0, 0.1) is 6.92 Å². The van der Waals surface area contributed by atoms with E-state index in [1.165, 1.54) is 0 Å². The molecule has 3 aromatic rings. The summed E-state index contributed by atoms with van der Waals surface area (Å²) in [4.78, 5) is 44.5. The lowest BCUT2D eigenvalue weighted by Gasteiger charge is -2.35. The minimum Gasteiger partial charge on any atom is -0.481 e. The van der Waals surface area contributed by atoms with E-state index < -0.39 is 12.0 Å². The Kier molecular flexibility index (Phi) is 6.38. The molecule has 1 aliphatic carbocycles. The van der Waals surface area contributed by atoms with Crippen LogP contribution in [-0.4, -0.2) is 27.8 Å². The van der Waals surface area contributed by atoms with Crippen LogP contribution in [-0.2, 0) is 14.4 Å². The highest BCUT2D eigenvalue weighted by molar-refractivity contribution is 6.06. The highest BCUT2D eigenvalue weighted by Gasteiger charge is 2.41. The molecule has 0 radical (unpaired) electrons. The van der Waals surface area contributed by atoms with Crippen LogP contribution in [0.15, 0.2) is 84.3 Å². The first-order chi connectivity index (χ1) is 17.4. The summed E-state index contributed by atoms with van der Waals surface area (Å²) in [6.07, 6.45) is 3.79. The van der Waals surface area contributed by atoms with Crippen LogP contribution in [0.4, 0.5) is 11.4 Å². The normalized spacial score (nSPS) is 19.1. The monoisotopic (exact) mass is 481 g/mol. The van der Waals surface area contributed by atoms with Gasteiger partial charge in [0.15, 0.2) is 5.78 Å². The number of carbonyl (C=O) groups excluding carboxylic acids is 2. The van der Waals surface area contributed by atoms with E-state index in [4.69, 9.17) is 0 Å². The first-order valence-electron chi connectivity index (χ1n) is 12.0. The van der Waals surface area contributed by atoms with Gasteiger partial charge in [-0.3, -0.25) is 24.3 Å². The van der Waals surface area contributed by atoms with Crippen molar-refractivity contribution in [3.8, 4) is 0 Å². The lowest BCUT2D eigenvalue weighted by molar-refractivity contribution is -0.138. The van der Waals surface area contributed by atoms with E-state index in [1.807, 2.05) is 37.3 Å². The van der Waals surface area contributed by atoms with Gasteiger partial charge in [-0.25, -0.2) is 0 Å². The van der Waals surface area contributed by atoms with Crippen LogP contribution in [0.1, 0.15) is 54.3 Å². The molecule has 7 heteroatoms. The maximum absolute atomic E-state index is 13.9. The van der Waals surface area contributed by atoms with Gasteiger partial charge in [0.1, 0.15) is 0 Å². The molecule has 36 heavy (non-hydrogen) atoms. The molecule has 2 aliphatic rings. The molecule has 2 aromatic carbocycles. The molecule has 182 valence electrons. The molecule has 7 nitrogen and oxygen atoms in total. The number of pyridine rings is 1. The number of hydrogen-bond acceptors (Lipinski definition) is 5. The predicted octanol–water partition coefficient (Wildman–Crippen LogP) is 5.16. The molecule has 1 aliphatic heterocycles. The van der Waals surface area contributed by atoms with E-state index in [1.54, 1.807) is 23.4 Å². The van der Waals surface area contributed by atoms with Gasteiger partial charge in [-0.15, -0.1) is 0 Å². The Morgan fingerprint density at radius 1 is 1.00 bits per heavy atom. The molecule has 2 heterocycles. The number of benzene rings is 2. The lowest BCUT2D eigenvalue weighted by atomic mass is 9.78. The zero-order valence-corrected chi connectivity index (χ0v) is 20.0. The maximum atomic E-state index is 13.9. The van der Waals surface area contributed by atoms with Crippen LogP contribution < -0.4 is 10.2 Å². The van der Waals surface area contributed by atoms with Gasteiger partial charge >= 0.3 is 5.97 Å². The highest BCUT2D eigenvalue weighted by atomic mass is 16.4. The standard InChI is InChI=1S/C29H27N3O4/c1-18-8-10-19(11-9-18)21-15-23-28(25(33)16-21)29(20-5-4-14-30-17-20)32(26(34)12-13-27(35)36)24-7-3-2-6-22(24)31-23/h2-11,14,17,21,29,31H,12-13,15-16H2,1H3,(H,35,36)/t21-,29+/m1/s1. The van der Waals surface area contributed by atoms with E-state index in [0.29, 0.717) is 35.4 Å². The minimum absolute atomic E-state index is 0.0142. The number of amides is 1. The van der Waals surface area contributed by atoms with Gasteiger partial charge in [-0.1, -0.05) is 48.0 Å². The Bertz CT molecular complexity index is 1350. The third kappa shape index (κ3) is 4.52. The molecule has 0 fully saturated rings. The van der Waals surface area contributed by atoms with Crippen molar-refractivity contribution in [1.82, 2.24) is 4.98 Å². The number of carboxylic acid groups (broad SMARTS) is 1. The second-order valence-electron chi connectivity index (χ2n) is 9.32. The van der Waals surface area contributed by atoms with E-state index in [2.05, 4.69) is 34.6 Å². The maximum Gasteiger partial charge on any atom is 0.303 e. The largest absolute Gasteiger partial charge is 0.481 e. The Labute approximate surface area is 209 Å². The number of fused-ring (bicyclic) bond motifs is 1. The molecule has 0 saturated heterocycles. The van der Waals surface area contributed by atoms with E-state index in [0.717, 1.165) is 16.8 Å². The van der Waals surface area contributed by atoms with Crippen molar-refractivity contribution in [1.29, 1.82) is 0 Å². The Hall–Kier alpha value is -4.26. The number of aryl methyl sites for hydroxylation is 1. The average molecular weight is 482 g/mol. The Balaban J connectivity index is 1.66. The molecule has 2 atom stereocenters. The lowest BCUT2D eigenvalue weighted by Crippen LogP contribution is -2.38. The molecule has 1 amide bonds. The van der Waals surface area contributed by atoms with E-state index >= 15 is 0 Å². The van der Waals surface area contributed by atoms with Gasteiger partial charge in [0, 0.05) is 36.5 Å². The number of nitrogens with one attached hydrogen (secondary N) is 1. The minimum atomic E-state index is -1.04. The average Bonchev–Trinajstić information content (AvgIpc) is 3.03. The Morgan fingerprint density at radius 2 is 1.78 bits per heavy atom. The van der Waals surface area contributed by atoms with Gasteiger partial charge in [-0.05, 0) is 48.6 Å². The summed E-state index contributed by atoms with van der Waals surface area (Å²) in [6, 6.07) is 18.6. The zero-order valence-electron chi connectivity index (χ0n) is 20.0. The summed E-state index contributed by atoms with van der Waals surface area (Å²) in [5.41, 5.74) is 5.60. The van der Waals surface area contributed by atoms with Crippen molar-refractivity contribution in [3.63, 3.8) is 0 Å². The van der Waals surface area contributed by atoms with Gasteiger partial charge in [-0.2, -0.15) is 0 Å². The second-order valence-corrected chi connectivity index (χ2v) is 9.32. The number of anilines is 2. The number of aliphatic carboxylic acids is 1. The van der Waals surface area contributed by atoms with Crippen LogP contribution in [0.25, 0.3) is 0 Å². The number of nitrogens with zero attached hydrogens (tertiary/aromatic N) is 2. The van der Waals surface area contributed by atoms with Crippen LogP contribution in [0.3, 0.4) is 0 Å². The van der Waals surface area contributed by atoms with Crippen molar-refractivity contribution in [3.05, 3.63) is 101 Å². The molecule has 0 bridgehead atoms. The van der Waals surface area contributed by atoms with Crippen molar-refractivity contribution >= 4 is 29.0 Å². The molecule has 0 spiro atoms. The molecule has 0 unspecified atom stereocenters. The summed E-state index contributed by atoms with van der Waals surface area (Å²) < 4.78 is 0. The van der Waals surface area contributed by atoms with Gasteiger partial charge in [0.05, 0.1) is 23.8 Å². The molecule has 5 rings (SSSR count). The van der Waals surface area contributed by atoms with E-state index in [9.17, 15) is 19.5 Å². The van der Waals surface area contributed by atoms with Crippen molar-refractivity contribution < 1.29 is 19.5 Å². The fourth-order valence-corrected chi connectivity index (χ4v) is 5.13. The topological polar surface area (TPSA) is 99.6 Å². The number of hydrogen-bond donors (Lipinski definition) is 2. The number of para-hydroxylation sites is 2. The number of carbonyl (C=O) groups is 3. The number of Topliss-reactive ketones (excluding diaryl/α,β-unsaturated/α-hetero) is 1. The van der Waals surface area contributed by atoms with E-state index in [-0.39, 0.29) is 30.4 Å². The third-order valence-corrected chi connectivity index (χ3v) is 6.86. The molecule has 0 saturated carbocycles. The molecular weight excluding hydrogens is 454 g/mol. The number of carboxylic acids is 1. The number of ketones is 1. The molecule has 1 aromatic heterocycles. The number of rotatable bonds is 5. The quantitative estimate of drug-likeness (QED) is 0.523. The summed E-state index contributed by atoms with van der Waals surface area (Å²) in [5.74, 6) is -1.42. The van der Waals surface area contributed by atoms with Crippen molar-refractivity contribution in [2.24, 2.45) is 0 Å². The molecular formula is C29H27N3O4. The second kappa shape index (κ2) is 9.77. The smallest absolute Gasteiger partial charge is 0.303 e. The summed E-state index contributed by atoms with van der Waals surface area (Å²) in [5, 5.41) is 12.7. The van der Waals surface area contributed by atoms with Crippen molar-refractivity contribution in [2.75, 3.05) is 10.2 Å². The number of allylic oxidation sites excluding steroid dienone is 1. The van der Waals surface area contributed by atoms with Crippen LogP contribution >= 0.6 is 0 Å². The third-order valence-electron chi connectivity index (χ3n) is 6.86. The number of aromatic nitrogens is 1. The van der Waals surface area contributed by atoms with Crippen molar-refractivity contribution in [2.45, 2.75) is 44.6 Å². The van der Waals surface area contributed by atoms with Gasteiger partial charge in [0.2, 0.25) is 5.91 Å². The molecule has 2 N–H and O–H groups in total. The first-order valence-corrected chi connectivity index (χ1v) is 12.0. The highest BCUT2D eigenvalue weighted by Crippen LogP contribution is 2.47. The van der Waals surface area contributed by atoms with Crippen LogP contribution in [0.5, 0.6) is 0 Å². The Morgan fingerprint density at radius 3 is 2.50 bits per heavy atom. The zero-order chi connectivity index (χ0) is 25.2. The summed E-state index contributed by atoms with van der Waals surface area (Å²) in [6.45, 7) is 2.04. The fourth-order valence-electron chi connectivity index (χ4n) is 5.13. The van der Waals surface area contributed by atoms with Crippen LogP contribution in [0.2, 0.25) is 0 Å². The fraction of sp³-hybridized carbons (Fsp3) is 0.241.